The van der Waals surface area contributed by atoms with E-state index in [1.807, 2.05) is 13.8 Å². The van der Waals surface area contributed by atoms with E-state index in [9.17, 15) is 0 Å². The van der Waals surface area contributed by atoms with Crippen molar-refractivity contribution in [3.05, 3.63) is 12.7 Å². The third-order valence-corrected chi connectivity index (χ3v) is 1.01. The van der Waals surface area contributed by atoms with Gasteiger partial charge in [0.15, 0.2) is 5.84 Å². The average molecular weight is 148 g/mol. The molecule has 0 N–H and O–H groups in total. The zero-order valence-electron chi connectivity index (χ0n) is 6.96. The van der Waals surface area contributed by atoms with Gasteiger partial charge in [0.2, 0.25) is 0 Å². The number of terminal acetylenes is 1. The van der Waals surface area contributed by atoms with Crippen LogP contribution in [0.25, 0.3) is 0 Å². The summed E-state index contributed by atoms with van der Waals surface area (Å²) >= 11 is 0. The minimum Gasteiger partial charge on any atom is -0.259 e. The van der Waals surface area contributed by atoms with Crippen molar-refractivity contribution < 1.29 is 0 Å². The molecule has 0 atom stereocenters. The molecular weight excluding hydrogens is 136 g/mol. The van der Waals surface area contributed by atoms with Crippen LogP contribution in [0.2, 0.25) is 0 Å². The first kappa shape index (κ1) is 9.64. The Bertz CT molecular complexity index is 228. The topological polar surface area (TPSA) is 24.7 Å². The lowest BCUT2D eigenvalue weighted by atomic mass is 10.4. The van der Waals surface area contributed by atoms with Crippen molar-refractivity contribution in [2.75, 3.05) is 6.54 Å². The maximum Gasteiger partial charge on any atom is 0.200 e. The van der Waals surface area contributed by atoms with Crippen molar-refractivity contribution >= 4 is 11.5 Å². The molecular formula is C9H12N2. The molecule has 0 heterocycles. The van der Waals surface area contributed by atoms with Gasteiger partial charge in [-0.25, -0.2) is 4.99 Å². The predicted molar refractivity (Wildman–Crippen MR) is 50.1 cm³/mol. The van der Waals surface area contributed by atoms with Crippen molar-refractivity contribution in [3.63, 3.8) is 0 Å². The lowest BCUT2D eigenvalue weighted by Crippen LogP contribution is -1.95. The molecule has 0 spiro atoms. The standard InChI is InChI=1S/C9H12N2/c1-5-8(4)11-9(6-2)10-7-3/h2,5H,1,7H2,3-4H3. The number of allylic oxidation sites excluding steroid dienone is 1. The molecule has 0 radical (unpaired) electrons. The number of rotatable bonds is 2. The second-order valence-electron chi connectivity index (χ2n) is 1.90. The average Bonchev–Trinajstić information content (AvgIpc) is 2.03. The number of hydrogen-bond acceptors (Lipinski definition) is 1. The SMILES string of the molecule is C#CC(N=C(C)C=C)=NCC. The van der Waals surface area contributed by atoms with E-state index in [4.69, 9.17) is 6.42 Å². The van der Waals surface area contributed by atoms with Gasteiger partial charge in [0.1, 0.15) is 0 Å². The molecule has 0 rings (SSSR count). The van der Waals surface area contributed by atoms with Crippen LogP contribution in [0.5, 0.6) is 0 Å². The van der Waals surface area contributed by atoms with Crippen molar-refractivity contribution in [1.82, 2.24) is 0 Å². The highest BCUT2D eigenvalue weighted by molar-refractivity contribution is 6.08. The van der Waals surface area contributed by atoms with Crippen LogP contribution in [0.4, 0.5) is 0 Å². The summed E-state index contributed by atoms with van der Waals surface area (Å²) in [6.45, 7) is 7.96. The van der Waals surface area contributed by atoms with Crippen LogP contribution >= 0.6 is 0 Å². The highest BCUT2D eigenvalue weighted by Crippen LogP contribution is 1.84. The van der Waals surface area contributed by atoms with Crippen LogP contribution in [0.1, 0.15) is 13.8 Å². The van der Waals surface area contributed by atoms with Crippen molar-refractivity contribution in [2.24, 2.45) is 9.98 Å². The number of amidine groups is 1. The van der Waals surface area contributed by atoms with Crippen molar-refractivity contribution in [2.45, 2.75) is 13.8 Å². The molecule has 0 amide bonds. The van der Waals surface area contributed by atoms with E-state index in [1.165, 1.54) is 0 Å². The monoisotopic (exact) mass is 148 g/mol. The molecule has 11 heavy (non-hydrogen) atoms. The fraction of sp³-hybridized carbons (Fsp3) is 0.333. The number of aliphatic imine (C=N–C) groups is 2. The molecule has 0 aromatic rings. The first-order valence-electron chi connectivity index (χ1n) is 3.43. The van der Waals surface area contributed by atoms with Gasteiger partial charge in [-0.2, -0.15) is 0 Å². The van der Waals surface area contributed by atoms with Crippen LogP contribution in [-0.2, 0) is 0 Å². The van der Waals surface area contributed by atoms with Crippen LogP contribution in [-0.4, -0.2) is 18.1 Å². The van der Waals surface area contributed by atoms with E-state index < -0.39 is 0 Å². The van der Waals surface area contributed by atoms with E-state index in [0.717, 1.165) is 5.71 Å². The molecule has 0 aromatic heterocycles. The predicted octanol–water partition coefficient (Wildman–Crippen LogP) is 1.68. The molecule has 0 unspecified atom stereocenters. The van der Waals surface area contributed by atoms with Gasteiger partial charge in [-0.3, -0.25) is 4.99 Å². The fourth-order valence-electron chi connectivity index (χ4n) is 0.476. The summed E-state index contributed by atoms with van der Waals surface area (Å²) in [6.07, 6.45) is 6.78. The van der Waals surface area contributed by atoms with E-state index in [2.05, 4.69) is 22.5 Å². The quantitative estimate of drug-likeness (QED) is 0.323. The first-order chi connectivity index (χ1) is 5.24. The van der Waals surface area contributed by atoms with Gasteiger partial charge in [0.25, 0.3) is 0 Å². The maximum atomic E-state index is 5.14. The van der Waals surface area contributed by atoms with Crippen LogP contribution < -0.4 is 0 Å². The smallest absolute Gasteiger partial charge is 0.200 e. The molecule has 2 heteroatoms. The van der Waals surface area contributed by atoms with Crippen LogP contribution in [0.15, 0.2) is 22.6 Å². The third-order valence-electron chi connectivity index (χ3n) is 1.01. The fourth-order valence-corrected chi connectivity index (χ4v) is 0.476. The zero-order chi connectivity index (χ0) is 8.69. The maximum absolute atomic E-state index is 5.14. The summed E-state index contributed by atoms with van der Waals surface area (Å²) in [4.78, 5) is 7.99. The van der Waals surface area contributed by atoms with Crippen LogP contribution in [0.3, 0.4) is 0 Å². The molecule has 58 valence electrons. The highest BCUT2D eigenvalue weighted by Gasteiger charge is 1.87. The third kappa shape index (κ3) is 4.10. The van der Waals surface area contributed by atoms with E-state index >= 15 is 0 Å². The summed E-state index contributed by atoms with van der Waals surface area (Å²) in [5, 5.41) is 0. The van der Waals surface area contributed by atoms with Gasteiger partial charge in [0.05, 0.1) is 0 Å². The minimum atomic E-state index is 0.435. The lowest BCUT2D eigenvalue weighted by molar-refractivity contribution is 1.13. The van der Waals surface area contributed by atoms with Gasteiger partial charge in [-0.1, -0.05) is 6.58 Å². The Balaban J connectivity index is 4.45. The lowest BCUT2D eigenvalue weighted by Gasteiger charge is -1.90. The Morgan fingerprint density at radius 3 is 2.73 bits per heavy atom. The van der Waals surface area contributed by atoms with Crippen molar-refractivity contribution in [1.29, 1.82) is 0 Å². The van der Waals surface area contributed by atoms with E-state index in [1.54, 1.807) is 6.08 Å². The largest absolute Gasteiger partial charge is 0.259 e. The Kier molecular flexibility index (Phi) is 4.76. The zero-order valence-corrected chi connectivity index (χ0v) is 6.96. The molecule has 0 aliphatic rings. The Hall–Kier alpha value is -1.36. The van der Waals surface area contributed by atoms with Gasteiger partial charge >= 0.3 is 0 Å². The van der Waals surface area contributed by atoms with Gasteiger partial charge in [0, 0.05) is 12.3 Å². The molecule has 0 aliphatic heterocycles. The highest BCUT2D eigenvalue weighted by atomic mass is 14.9. The van der Waals surface area contributed by atoms with Crippen molar-refractivity contribution in [3.8, 4) is 12.3 Å². The summed E-state index contributed by atoms with van der Waals surface area (Å²) in [6, 6.07) is 0. The molecule has 0 saturated heterocycles. The molecule has 0 aliphatic carbocycles. The van der Waals surface area contributed by atoms with Gasteiger partial charge in [-0.15, -0.1) is 6.42 Å². The normalized spacial score (nSPS) is 12.5. The summed E-state index contributed by atoms with van der Waals surface area (Å²) in [7, 11) is 0. The molecule has 0 aromatic carbocycles. The van der Waals surface area contributed by atoms with E-state index in [-0.39, 0.29) is 0 Å². The Labute approximate surface area is 67.8 Å². The Morgan fingerprint density at radius 1 is 1.73 bits per heavy atom. The number of nitrogens with zero attached hydrogens (tertiary/aromatic N) is 2. The first-order valence-corrected chi connectivity index (χ1v) is 3.43. The number of hydrogen-bond donors (Lipinski definition) is 0. The van der Waals surface area contributed by atoms with Crippen LogP contribution in [0, 0.1) is 12.3 Å². The summed E-state index contributed by atoms with van der Waals surface area (Å²) < 4.78 is 0. The molecule has 0 fully saturated rings. The Morgan fingerprint density at radius 2 is 2.36 bits per heavy atom. The molecule has 0 bridgehead atoms. The second-order valence-corrected chi connectivity index (χ2v) is 1.90. The molecule has 0 saturated carbocycles. The van der Waals surface area contributed by atoms with Gasteiger partial charge in [-0.05, 0) is 25.8 Å². The summed E-state index contributed by atoms with van der Waals surface area (Å²) in [5.41, 5.74) is 0.787. The molecule has 2 nitrogen and oxygen atoms in total. The minimum absolute atomic E-state index is 0.435. The van der Waals surface area contributed by atoms with E-state index in [0.29, 0.717) is 12.4 Å². The van der Waals surface area contributed by atoms with Gasteiger partial charge < -0.3 is 0 Å². The summed E-state index contributed by atoms with van der Waals surface area (Å²) in [5.74, 6) is 2.82. The second kappa shape index (κ2) is 5.43.